The number of nitrogens with zero attached hydrogens (tertiary/aromatic N) is 2. The second kappa shape index (κ2) is 11.3. The largest absolute Gasteiger partial charge is 0.481 e. The molecule has 0 radical (unpaired) electrons. The van der Waals surface area contributed by atoms with Crippen LogP contribution in [0.5, 0.6) is 0 Å². The summed E-state index contributed by atoms with van der Waals surface area (Å²) in [7, 11) is 0. The smallest absolute Gasteiger partial charge is 0.303 e. The van der Waals surface area contributed by atoms with Gasteiger partial charge in [0.25, 0.3) is 0 Å². The molecular formula is C34H36N4O4. The standard InChI is InChI=1S/C34H36N4O4/c1-7-21-17(3)25-13-26-19(5)23(9-11-33(39)40)31(37-26)16-32-24(10-12-34(41)42)20(6)28(38-32)15-30-22(8-2)18(4)27(36-30)14-29(21)35-25/h8,13-16,35-36H,2,7,9-12H2,1,3-6H3,(H,39,40)(H,41,42). The van der Waals surface area contributed by atoms with Gasteiger partial charge in [0.05, 0.1) is 22.8 Å². The first kappa shape index (κ1) is 28.8. The molecule has 3 aromatic heterocycles. The van der Waals surface area contributed by atoms with E-state index < -0.39 is 11.9 Å². The van der Waals surface area contributed by atoms with Crippen LogP contribution >= 0.6 is 0 Å². The fourth-order valence-corrected chi connectivity index (χ4v) is 5.99. The molecule has 8 heteroatoms. The van der Waals surface area contributed by atoms with Crippen molar-refractivity contribution in [3.63, 3.8) is 0 Å². The van der Waals surface area contributed by atoms with Crippen molar-refractivity contribution in [1.82, 2.24) is 19.9 Å². The maximum atomic E-state index is 11.5. The molecule has 0 atom stereocenters. The number of hydrogen-bond donors (Lipinski definition) is 4. The van der Waals surface area contributed by atoms with Gasteiger partial charge in [0.15, 0.2) is 0 Å². The van der Waals surface area contributed by atoms with Gasteiger partial charge in [0.2, 0.25) is 0 Å². The van der Waals surface area contributed by atoms with Crippen LogP contribution < -0.4 is 0 Å². The molecular weight excluding hydrogens is 528 g/mol. The second-order valence-electron chi connectivity index (χ2n) is 10.9. The van der Waals surface area contributed by atoms with Crippen LogP contribution in [0.25, 0.3) is 50.4 Å². The van der Waals surface area contributed by atoms with E-state index in [1.54, 1.807) is 0 Å². The highest BCUT2D eigenvalue weighted by Crippen LogP contribution is 2.38. The Kier molecular flexibility index (Phi) is 7.73. The number of carboxylic acid groups (broad SMARTS) is 2. The van der Waals surface area contributed by atoms with E-state index in [4.69, 9.17) is 9.97 Å². The van der Waals surface area contributed by atoms with Crippen molar-refractivity contribution in [1.29, 1.82) is 0 Å². The number of fused-ring (bicyclic) bond motifs is 8. The number of nitrogens with one attached hydrogen (secondary N) is 2. The van der Waals surface area contributed by atoms with Crippen LogP contribution in [0.3, 0.4) is 0 Å². The Bertz CT molecular complexity index is 1880. The molecule has 3 aromatic rings. The average Bonchev–Trinajstić information content (AvgIpc) is 3.59. The summed E-state index contributed by atoms with van der Waals surface area (Å²) in [4.78, 5) is 40.2. The molecule has 0 saturated heterocycles. The number of aliphatic carboxylic acids is 2. The van der Waals surface area contributed by atoms with Crippen LogP contribution in [-0.2, 0) is 16.0 Å². The van der Waals surface area contributed by atoms with E-state index >= 15 is 0 Å². The van der Waals surface area contributed by atoms with Crippen LogP contribution in [0.15, 0.2) is 30.8 Å². The van der Waals surface area contributed by atoms with Gasteiger partial charge in [-0.15, -0.1) is 0 Å². The average molecular weight is 565 g/mol. The molecule has 8 nitrogen and oxygen atoms in total. The number of aromatic nitrogens is 4. The van der Waals surface area contributed by atoms with E-state index in [1.165, 1.54) is 5.56 Å². The summed E-state index contributed by atoms with van der Waals surface area (Å²) in [5, 5.41) is 18.9. The van der Waals surface area contributed by atoms with Gasteiger partial charge in [-0.25, -0.2) is 9.97 Å². The SMILES string of the molecule is C=Cc1c(C)c2cc3[nH]c(cc4nc(cc5nc(cc1[nH]2)C(C)=C5CCC(=O)O)C(CCC(=O)O)=C4C)c(C)c3CC. The molecule has 0 aromatic carbocycles. The number of carbonyl (C=O) groups is 2. The lowest BCUT2D eigenvalue weighted by Crippen LogP contribution is -1.97. The lowest BCUT2D eigenvalue weighted by Gasteiger charge is -2.05. The molecule has 2 aliphatic heterocycles. The minimum absolute atomic E-state index is 0.0234. The third-order valence-electron chi connectivity index (χ3n) is 8.45. The fraction of sp³-hybridized carbons (Fsp3) is 0.294. The van der Waals surface area contributed by atoms with Gasteiger partial charge >= 0.3 is 11.9 Å². The first-order valence-corrected chi connectivity index (χ1v) is 14.2. The molecule has 42 heavy (non-hydrogen) atoms. The maximum Gasteiger partial charge on any atom is 0.303 e. The lowest BCUT2D eigenvalue weighted by molar-refractivity contribution is -0.137. The van der Waals surface area contributed by atoms with E-state index in [2.05, 4.69) is 43.4 Å². The van der Waals surface area contributed by atoms with E-state index in [1.807, 2.05) is 38.1 Å². The normalized spacial score (nSPS) is 13.2. The molecule has 8 bridgehead atoms. The maximum absolute atomic E-state index is 11.5. The van der Waals surface area contributed by atoms with E-state index in [9.17, 15) is 19.8 Å². The minimum Gasteiger partial charge on any atom is -0.481 e. The van der Waals surface area contributed by atoms with Crippen molar-refractivity contribution in [3.05, 3.63) is 75.9 Å². The van der Waals surface area contributed by atoms with Gasteiger partial charge < -0.3 is 20.2 Å². The van der Waals surface area contributed by atoms with Crippen LogP contribution in [0.1, 0.15) is 91.5 Å². The van der Waals surface area contributed by atoms with E-state index in [-0.39, 0.29) is 12.8 Å². The first-order chi connectivity index (χ1) is 20.0. The van der Waals surface area contributed by atoms with Gasteiger partial charge in [-0.05, 0) is 110 Å². The second-order valence-corrected chi connectivity index (χ2v) is 10.9. The van der Waals surface area contributed by atoms with Crippen molar-refractivity contribution >= 4 is 62.4 Å². The summed E-state index contributed by atoms with van der Waals surface area (Å²) < 4.78 is 0. The summed E-state index contributed by atoms with van der Waals surface area (Å²) in [6, 6.07) is 8.04. The molecule has 0 spiro atoms. The number of carboxylic acids is 2. The van der Waals surface area contributed by atoms with Crippen LogP contribution in [-0.4, -0.2) is 42.1 Å². The summed E-state index contributed by atoms with van der Waals surface area (Å²) >= 11 is 0. The third kappa shape index (κ3) is 5.20. The van der Waals surface area contributed by atoms with Crippen molar-refractivity contribution in [2.24, 2.45) is 0 Å². The highest BCUT2D eigenvalue weighted by Gasteiger charge is 2.22. The fourth-order valence-electron chi connectivity index (χ4n) is 5.99. The topological polar surface area (TPSA) is 132 Å². The van der Waals surface area contributed by atoms with Crippen LogP contribution in [0, 0.1) is 13.8 Å². The van der Waals surface area contributed by atoms with Crippen molar-refractivity contribution in [2.75, 3.05) is 0 Å². The first-order valence-electron chi connectivity index (χ1n) is 14.2. The van der Waals surface area contributed by atoms with Gasteiger partial charge in [-0.3, -0.25) is 9.59 Å². The molecule has 0 aliphatic carbocycles. The molecule has 216 valence electrons. The zero-order valence-electron chi connectivity index (χ0n) is 24.7. The molecule has 5 heterocycles. The van der Waals surface area contributed by atoms with Gasteiger partial charge in [-0.2, -0.15) is 0 Å². The number of rotatable bonds is 8. The monoisotopic (exact) mass is 564 g/mol. The third-order valence-corrected chi connectivity index (χ3v) is 8.45. The highest BCUT2D eigenvalue weighted by molar-refractivity contribution is 5.96. The zero-order chi connectivity index (χ0) is 30.3. The molecule has 0 fully saturated rings. The Morgan fingerprint density at radius 2 is 1.24 bits per heavy atom. The molecule has 0 saturated carbocycles. The van der Waals surface area contributed by atoms with E-state index in [0.29, 0.717) is 24.2 Å². The van der Waals surface area contributed by atoms with E-state index in [0.717, 1.165) is 78.9 Å². The highest BCUT2D eigenvalue weighted by atomic mass is 16.4. The number of aryl methyl sites for hydroxylation is 3. The summed E-state index contributed by atoms with van der Waals surface area (Å²) in [6.45, 7) is 14.3. The zero-order valence-corrected chi connectivity index (χ0v) is 24.7. The molecule has 4 N–H and O–H groups in total. The van der Waals surface area contributed by atoms with Gasteiger partial charge in [-0.1, -0.05) is 19.6 Å². The quantitative estimate of drug-likeness (QED) is 0.221. The van der Waals surface area contributed by atoms with Crippen LogP contribution in [0.4, 0.5) is 0 Å². The Morgan fingerprint density at radius 3 is 1.74 bits per heavy atom. The number of aromatic amines is 2. The molecule has 0 unspecified atom stereocenters. The van der Waals surface area contributed by atoms with Crippen molar-refractivity contribution in [3.8, 4) is 0 Å². The predicted octanol–water partition coefficient (Wildman–Crippen LogP) is 7.73. The lowest BCUT2D eigenvalue weighted by atomic mass is 9.98. The predicted molar refractivity (Wildman–Crippen MR) is 169 cm³/mol. The summed E-state index contributed by atoms with van der Waals surface area (Å²) in [5.41, 5.74) is 14.5. The Balaban J connectivity index is 1.93. The molecule has 0 amide bonds. The van der Waals surface area contributed by atoms with Crippen LogP contribution in [0.2, 0.25) is 0 Å². The van der Waals surface area contributed by atoms with Gasteiger partial charge in [0.1, 0.15) is 0 Å². The molecule has 5 rings (SSSR count). The number of allylic oxidation sites excluding steroid dienone is 4. The summed E-state index contributed by atoms with van der Waals surface area (Å²) in [6.07, 6.45) is 3.28. The summed E-state index contributed by atoms with van der Waals surface area (Å²) in [5.74, 6) is -1.76. The van der Waals surface area contributed by atoms with Crippen molar-refractivity contribution < 1.29 is 19.8 Å². The van der Waals surface area contributed by atoms with Crippen molar-refractivity contribution in [2.45, 2.75) is 66.7 Å². The molecule has 2 aliphatic rings. The Morgan fingerprint density at radius 1 is 0.738 bits per heavy atom. The Labute approximate surface area is 244 Å². The number of H-pyrrole nitrogens is 2. The van der Waals surface area contributed by atoms with Gasteiger partial charge in [0, 0.05) is 40.5 Å². The minimum atomic E-state index is -0.882. The number of hydrogen-bond acceptors (Lipinski definition) is 4. The Hall–Kier alpha value is -4.72.